The lowest BCUT2D eigenvalue weighted by Gasteiger charge is -2.02. The van der Waals surface area contributed by atoms with Crippen LogP contribution in [0.5, 0.6) is 0 Å². The minimum Gasteiger partial charge on any atom is -0.330 e. The summed E-state index contributed by atoms with van der Waals surface area (Å²) in [6, 6.07) is 4.20. The molecule has 106 valence electrons. The van der Waals surface area contributed by atoms with Gasteiger partial charge in [-0.15, -0.1) is 5.10 Å². The van der Waals surface area contributed by atoms with Crippen LogP contribution in [0.2, 0.25) is 5.02 Å². The highest BCUT2D eigenvalue weighted by Crippen LogP contribution is 2.25. The summed E-state index contributed by atoms with van der Waals surface area (Å²) in [5.74, 6) is 0. The van der Waals surface area contributed by atoms with Crippen molar-refractivity contribution < 1.29 is 4.92 Å². The molecule has 1 aromatic heterocycles. The highest BCUT2D eigenvalue weighted by atomic mass is 35.5. The molecule has 0 bridgehead atoms. The molecule has 8 heteroatoms. The van der Waals surface area contributed by atoms with Crippen LogP contribution in [0, 0.1) is 10.1 Å². The topological polar surface area (TPSA) is 99.9 Å². The third-order valence-corrected chi connectivity index (χ3v) is 3.13. The zero-order valence-corrected chi connectivity index (χ0v) is 11.5. The van der Waals surface area contributed by atoms with Crippen LogP contribution in [0.3, 0.4) is 0 Å². The summed E-state index contributed by atoms with van der Waals surface area (Å²) in [6.45, 7) is 0.644. The van der Waals surface area contributed by atoms with Gasteiger partial charge in [-0.3, -0.25) is 10.1 Å². The van der Waals surface area contributed by atoms with Crippen LogP contribution in [-0.4, -0.2) is 26.5 Å². The monoisotopic (exact) mass is 295 g/mol. The molecule has 0 atom stereocenters. The molecule has 20 heavy (non-hydrogen) atoms. The van der Waals surface area contributed by atoms with Gasteiger partial charge in [0.2, 0.25) is 0 Å². The molecule has 0 aliphatic heterocycles. The maximum Gasteiger partial charge on any atom is 0.271 e. The van der Waals surface area contributed by atoms with E-state index in [0.717, 1.165) is 25.0 Å². The molecule has 1 heterocycles. The molecule has 0 fully saturated rings. The number of hydrogen-bond acceptors (Lipinski definition) is 5. The molecule has 0 aliphatic rings. The maximum atomic E-state index is 10.8. The van der Waals surface area contributed by atoms with E-state index in [0.29, 0.717) is 17.3 Å². The smallest absolute Gasteiger partial charge is 0.271 e. The fraction of sp³-hybridized carbons (Fsp3) is 0.333. The van der Waals surface area contributed by atoms with Gasteiger partial charge in [-0.1, -0.05) is 16.8 Å². The molecule has 2 aromatic rings. The SMILES string of the molecule is NCCCCc1cn(-c2cc([N+](=O)[O-])ccc2Cl)nn1. The Morgan fingerprint density at radius 2 is 2.20 bits per heavy atom. The van der Waals surface area contributed by atoms with E-state index in [4.69, 9.17) is 17.3 Å². The van der Waals surface area contributed by atoms with Crippen LogP contribution in [-0.2, 0) is 6.42 Å². The molecule has 0 radical (unpaired) electrons. The number of nitro groups is 1. The average Bonchev–Trinajstić information content (AvgIpc) is 2.88. The Bertz CT molecular complexity index is 614. The maximum absolute atomic E-state index is 10.8. The summed E-state index contributed by atoms with van der Waals surface area (Å²) in [4.78, 5) is 10.3. The van der Waals surface area contributed by atoms with Crippen molar-refractivity contribution in [3.8, 4) is 5.69 Å². The van der Waals surface area contributed by atoms with Gasteiger partial charge in [0.05, 0.1) is 27.5 Å². The van der Waals surface area contributed by atoms with E-state index in [1.807, 2.05) is 0 Å². The van der Waals surface area contributed by atoms with Gasteiger partial charge < -0.3 is 5.73 Å². The Morgan fingerprint density at radius 1 is 1.40 bits per heavy atom. The van der Waals surface area contributed by atoms with E-state index in [2.05, 4.69) is 10.3 Å². The van der Waals surface area contributed by atoms with Crippen molar-refractivity contribution in [2.45, 2.75) is 19.3 Å². The first kappa shape index (κ1) is 14.4. The summed E-state index contributed by atoms with van der Waals surface area (Å²) < 4.78 is 1.45. The van der Waals surface area contributed by atoms with Crippen LogP contribution < -0.4 is 5.73 Å². The fourth-order valence-electron chi connectivity index (χ4n) is 1.77. The number of nitrogens with two attached hydrogens (primary N) is 1. The number of halogens is 1. The minimum absolute atomic E-state index is 0.0374. The predicted molar refractivity (Wildman–Crippen MR) is 75.0 cm³/mol. The first-order valence-electron chi connectivity index (χ1n) is 6.17. The second kappa shape index (κ2) is 6.44. The molecule has 0 spiro atoms. The van der Waals surface area contributed by atoms with E-state index >= 15 is 0 Å². The van der Waals surface area contributed by atoms with E-state index in [9.17, 15) is 10.1 Å². The van der Waals surface area contributed by atoms with E-state index in [1.54, 1.807) is 6.20 Å². The van der Waals surface area contributed by atoms with Crippen molar-refractivity contribution in [1.82, 2.24) is 15.0 Å². The van der Waals surface area contributed by atoms with Crippen LogP contribution in [0.4, 0.5) is 5.69 Å². The number of benzene rings is 1. The number of non-ortho nitro benzene ring substituents is 1. The van der Waals surface area contributed by atoms with Crippen molar-refractivity contribution in [3.05, 3.63) is 45.2 Å². The number of unbranched alkanes of at least 4 members (excludes halogenated alkanes) is 1. The van der Waals surface area contributed by atoms with E-state index in [1.165, 1.54) is 22.9 Å². The third-order valence-electron chi connectivity index (χ3n) is 2.82. The Balaban J connectivity index is 2.23. The Labute approximate surface area is 120 Å². The number of nitro benzene ring substituents is 1. The summed E-state index contributed by atoms with van der Waals surface area (Å²) in [6.07, 6.45) is 4.34. The second-order valence-corrected chi connectivity index (χ2v) is 4.70. The fourth-order valence-corrected chi connectivity index (χ4v) is 1.98. The largest absolute Gasteiger partial charge is 0.330 e. The van der Waals surface area contributed by atoms with Crippen LogP contribution in [0.15, 0.2) is 24.4 Å². The molecular weight excluding hydrogens is 282 g/mol. The number of nitrogens with zero attached hydrogens (tertiary/aromatic N) is 4. The number of aryl methyl sites for hydroxylation is 1. The molecule has 2 rings (SSSR count). The van der Waals surface area contributed by atoms with E-state index in [-0.39, 0.29) is 5.69 Å². The Kier molecular flexibility index (Phi) is 4.65. The van der Waals surface area contributed by atoms with Crippen molar-refractivity contribution in [2.24, 2.45) is 5.73 Å². The van der Waals surface area contributed by atoms with Gasteiger partial charge in [-0.05, 0) is 31.9 Å². The van der Waals surface area contributed by atoms with Crippen LogP contribution in [0.1, 0.15) is 18.5 Å². The Hall–Kier alpha value is -1.99. The van der Waals surface area contributed by atoms with Gasteiger partial charge in [0.1, 0.15) is 0 Å². The van der Waals surface area contributed by atoms with Gasteiger partial charge in [0, 0.05) is 12.1 Å². The highest BCUT2D eigenvalue weighted by Gasteiger charge is 2.12. The van der Waals surface area contributed by atoms with Gasteiger partial charge in [0.15, 0.2) is 0 Å². The van der Waals surface area contributed by atoms with Gasteiger partial charge in [-0.25, -0.2) is 4.68 Å². The Morgan fingerprint density at radius 3 is 2.90 bits per heavy atom. The standard InChI is InChI=1S/C12H14ClN5O2/c13-11-5-4-10(18(19)20)7-12(11)17-8-9(15-16-17)3-1-2-6-14/h4-5,7-8H,1-3,6,14H2. The highest BCUT2D eigenvalue weighted by molar-refractivity contribution is 6.32. The van der Waals surface area contributed by atoms with Gasteiger partial charge in [0.25, 0.3) is 5.69 Å². The van der Waals surface area contributed by atoms with Gasteiger partial charge >= 0.3 is 0 Å². The number of hydrogen-bond donors (Lipinski definition) is 1. The zero-order chi connectivity index (χ0) is 14.5. The zero-order valence-electron chi connectivity index (χ0n) is 10.7. The first-order valence-corrected chi connectivity index (χ1v) is 6.55. The summed E-state index contributed by atoms with van der Waals surface area (Å²) in [7, 11) is 0. The average molecular weight is 296 g/mol. The molecule has 0 unspecified atom stereocenters. The van der Waals surface area contributed by atoms with Crippen molar-refractivity contribution in [1.29, 1.82) is 0 Å². The quantitative estimate of drug-likeness (QED) is 0.500. The van der Waals surface area contributed by atoms with Crippen molar-refractivity contribution >= 4 is 17.3 Å². The molecule has 0 aliphatic carbocycles. The number of aromatic nitrogens is 3. The van der Waals surface area contributed by atoms with Crippen LogP contribution in [0.25, 0.3) is 5.69 Å². The predicted octanol–water partition coefficient (Wildman–Crippen LogP) is 2.11. The molecule has 0 saturated heterocycles. The molecule has 1 aromatic carbocycles. The summed E-state index contributed by atoms with van der Waals surface area (Å²) in [5.41, 5.74) is 6.64. The normalized spacial score (nSPS) is 10.7. The lowest BCUT2D eigenvalue weighted by molar-refractivity contribution is -0.384. The molecule has 7 nitrogen and oxygen atoms in total. The minimum atomic E-state index is -0.473. The van der Waals surface area contributed by atoms with Crippen molar-refractivity contribution in [2.75, 3.05) is 6.54 Å². The summed E-state index contributed by atoms with van der Waals surface area (Å²) >= 11 is 6.04. The number of rotatable bonds is 6. The molecule has 0 saturated carbocycles. The summed E-state index contributed by atoms with van der Waals surface area (Å²) in [5, 5.41) is 19.1. The molecule has 0 amide bonds. The molecular formula is C12H14ClN5O2. The van der Waals surface area contributed by atoms with E-state index < -0.39 is 4.92 Å². The lowest BCUT2D eigenvalue weighted by Crippen LogP contribution is -1.99. The third kappa shape index (κ3) is 3.31. The first-order chi connectivity index (χ1) is 9.61. The lowest BCUT2D eigenvalue weighted by atomic mass is 10.2. The van der Waals surface area contributed by atoms with Crippen LogP contribution >= 0.6 is 11.6 Å². The van der Waals surface area contributed by atoms with Gasteiger partial charge in [-0.2, -0.15) is 0 Å². The molecule has 2 N–H and O–H groups in total. The second-order valence-electron chi connectivity index (χ2n) is 4.29. The van der Waals surface area contributed by atoms with Crippen molar-refractivity contribution in [3.63, 3.8) is 0 Å².